The van der Waals surface area contributed by atoms with Crippen LogP contribution in [-0.4, -0.2) is 18.1 Å². The van der Waals surface area contributed by atoms with E-state index in [1.165, 1.54) is 6.21 Å². The highest BCUT2D eigenvalue weighted by Gasteiger charge is 2.10. The highest BCUT2D eigenvalue weighted by Crippen LogP contribution is 1.64. The van der Waals surface area contributed by atoms with Crippen LogP contribution in [0.25, 0.3) is 0 Å². The first-order valence-electron chi connectivity index (χ1n) is 1.77. The van der Waals surface area contributed by atoms with Crippen molar-refractivity contribution in [1.29, 1.82) is 0 Å². The predicted octanol–water partition coefficient (Wildman–Crippen LogP) is -3.01. The summed E-state index contributed by atoms with van der Waals surface area (Å²) in [5.74, 6) is -0.150. The molecule has 4 nitrogen and oxygen atoms in total. The van der Waals surface area contributed by atoms with E-state index in [0.717, 1.165) is 0 Å². The first-order chi connectivity index (χ1) is 3.29. The Balaban J connectivity index is 2.88. The third kappa shape index (κ3) is 0.623. The summed E-state index contributed by atoms with van der Waals surface area (Å²) in [5, 5.41) is 0. The van der Waals surface area contributed by atoms with Crippen LogP contribution in [0.1, 0.15) is 0 Å². The van der Waals surface area contributed by atoms with Crippen LogP contribution in [0, 0.1) is 0 Å². The van der Waals surface area contributed by atoms with E-state index < -0.39 is 0 Å². The number of nitrogens with two attached hydrogens (primary N) is 1. The molecular weight excluding hydrogens is 94.1 g/mol. The van der Waals surface area contributed by atoms with Gasteiger partial charge in [0.15, 0.2) is 0 Å². The number of carbonyl (C=O) groups excluding carboxylic acids is 1. The summed E-state index contributed by atoms with van der Waals surface area (Å²) in [6.07, 6.45) is 1.20. The fourth-order valence-electron chi connectivity index (χ4n) is 0.319. The molecule has 0 aliphatic carbocycles. The number of carbonyl (C=O) groups is 1. The Bertz CT molecular complexity index is 158. The van der Waals surface area contributed by atoms with E-state index in [4.69, 9.17) is 5.73 Å². The fraction of sp³-hybridized carbons (Fsp3) is 0. The van der Waals surface area contributed by atoms with Crippen LogP contribution in [0.4, 0.5) is 0 Å². The van der Waals surface area contributed by atoms with E-state index >= 15 is 0 Å². The maximum atomic E-state index is 10.1. The van der Waals surface area contributed by atoms with Crippen molar-refractivity contribution in [3.8, 4) is 0 Å². The lowest BCUT2D eigenvalue weighted by Crippen LogP contribution is -2.75. The number of amides is 1. The Morgan fingerprint density at radius 1 is 1.86 bits per heavy atom. The van der Waals surface area contributed by atoms with Gasteiger partial charge in [0.2, 0.25) is 0 Å². The number of aliphatic imine (C=N–C) groups is 1. The van der Waals surface area contributed by atoms with Crippen molar-refractivity contribution in [2.24, 2.45) is 10.7 Å². The monoisotopic (exact) mass is 98.0 g/mol. The molecule has 3 N–H and O–H groups in total. The molecule has 0 aromatic rings. The highest BCUT2D eigenvalue weighted by molar-refractivity contribution is 6.29. The smallest absolute Gasteiger partial charge is 0.287 e. The lowest BCUT2D eigenvalue weighted by Gasteiger charge is -1.61. The second kappa shape index (κ2) is 1.14. The fourth-order valence-corrected chi connectivity index (χ4v) is 0.319. The zero-order chi connectivity index (χ0) is 5.28. The largest absolute Gasteiger partial charge is 0.390 e. The van der Waals surface area contributed by atoms with Crippen molar-refractivity contribution in [2.45, 2.75) is 0 Å². The standard InChI is InChI=1S/C3H3N3O/c4-3-5-1-2(7)6-3/h1H,(H2,4,6,7)/p+1. The SMILES string of the molecule is NC1=NC(=O)C=[NH+]1. The lowest BCUT2D eigenvalue weighted by atomic mass is 10.7. The van der Waals surface area contributed by atoms with Gasteiger partial charge in [-0.05, 0) is 4.99 Å². The molecule has 7 heavy (non-hydrogen) atoms. The van der Waals surface area contributed by atoms with Gasteiger partial charge >= 0.3 is 11.9 Å². The number of rotatable bonds is 0. The molecule has 1 heterocycles. The number of hydrogen-bond donors (Lipinski definition) is 2. The van der Waals surface area contributed by atoms with Crippen molar-refractivity contribution in [3.05, 3.63) is 0 Å². The predicted molar refractivity (Wildman–Crippen MR) is 23.7 cm³/mol. The van der Waals surface area contributed by atoms with Crippen molar-refractivity contribution < 1.29 is 9.79 Å². The zero-order valence-electron chi connectivity index (χ0n) is 3.51. The van der Waals surface area contributed by atoms with Gasteiger partial charge in [0.05, 0.1) is 0 Å². The average Bonchev–Trinajstić information content (AvgIpc) is 1.87. The summed E-state index contributed by atoms with van der Waals surface area (Å²) in [5.41, 5.74) is 5.01. The molecule has 0 fully saturated rings. The maximum Gasteiger partial charge on any atom is 0.390 e. The quantitative estimate of drug-likeness (QED) is 0.339. The van der Waals surface area contributed by atoms with Gasteiger partial charge < -0.3 is 0 Å². The Kier molecular flexibility index (Phi) is 0.651. The average molecular weight is 98.1 g/mol. The molecule has 1 aliphatic heterocycles. The molecule has 0 saturated heterocycles. The molecule has 0 saturated carbocycles. The highest BCUT2D eigenvalue weighted by atomic mass is 16.1. The topological polar surface area (TPSA) is 69.4 Å². The van der Waals surface area contributed by atoms with E-state index in [-0.39, 0.29) is 11.9 Å². The van der Waals surface area contributed by atoms with Crippen LogP contribution in [-0.2, 0) is 4.79 Å². The first-order valence-corrected chi connectivity index (χ1v) is 1.77. The Labute approximate surface area is 39.8 Å². The van der Waals surface area contributed by atoms with Gasteiger partial charge in [-0.1, -0.05) is 0 Å². The van der Waals surface area contributed by atoms with E-state index in [1.807, 2.05) is 0 Å². The number of nitrogens with zero attached hydrogens (tertiary/aromatic N) is 1. The van der Waals surface area contributed by atoms with Crippen LogP contribution in [0.15, 0.2) is 4.99 Å². The van der Waals surface area contributed by atoms with E-state index in [9.17, 15) is 4.79 Å². The van der Waals surface area contributed by atoms with Crippen molar-refractivity contribution in [3.63, 3.8) is 0 Å². The van der Waals surface area contributed by atoms with Gasteiger partial charge in [0, 0.05) is 0 Å². The van der Waals surface area contributed by atoms with Crippen molar-refractivity contribution in [1.82, 2.24) is 0 Å². The molecular formula is C3H4N3O+. The lowest BCUT2D eigenvalue weighted by molar-refractivity contribution is -0.307. The third-order valence-electron chi connectivity index (χ3n) is 0.574. The molecule has 1 amide bonds. The van der Waals surface area contributed by atoms with Crippen LogP contribution in [0.3, 0.4) is 0 Å². The van der Waals surface area contributed by atoms with Gasteiger partial charge in [-0.3, -0.25) is 5.73 Å². The Hall–Kier alpha value is -1.19. The summed E-state index contributed by atoms with van der Waals surface area (Å²) < 4.78 is 0. The molecule has 0 aromatic carbocycles. The second-order valence-corrected chi connectivity index (χ2v) is 1.12. The van der Waals surface area contributed by atoms with Crippen LogP contribution >= 0.6 is 0 Å². The molecule has 1 aliphatic rings. The summed E-state index contributed by atoms with van der Waals surface area (Å²) in [6.45, 7) is 0. The van der Waals surface area contributed by atoms with E-state index in [1.54, 1.807) is 0 Å². The second-order valence-electron chi connectivity index (χ2n) is 1.12. The summed E-state index contributed by atoms with van der Waals surface area (Å²) >= 11 is 0. The molecule has 0 aromatic heterocycles. The molecule has 36 valence electrons. The number of nitrogens with one attached hydrogen (secondary N) is 1. The van der Waals surface area contributed by atoms with Crippen LogP contribution in [0.5, 0.6) is 0 Å². The number of hydrogen-bond acceptors (Lipinski definition) is 2. The van der Waals surface area contributed by atoms with Crippen LogP contribution < -0.4 is 10.7 Å². The van der Waals surface area contributed by atoms with Crippen molar-refractivity contribution in [2.75, 3.05) is 0 Å². The van der Waals surface area contributed by atoms with E-state index in [2.05, 4.69) is 9.98 Å². The zero-order valence-corrected chi connectivity index (χ0v) is 3.51. The van der Waals surface area contributed by atoms with Crippen LogP contribution in [0.2, 0.25) is 0 Å². The molecule has 0 unspecified atom stereocenters. The Morgan fingerprint density at radius 3 is 2.71 bits per heavy atom. The maximum absolute atomic E-state index is 10.1. The molecule has 0 bridgehead atoms. The summed E-state index contributed by atoms with van der Waals surface area (Å²) in [6, 6.07) is 0. The molecule has 1 rings (SSSR count). The normalized spacial score (nSPS) is 17.7. The third-order valence-corrected chi connectivity index (χ3v) is 0.574. The summed E-state index contributed by atoms with van der Waals surface area (Å²) in [4.78, 5) is 15.8. The summed E-state index contributed by atoms with van der Waals surface area (Å²) in [7, 11) is 0. The van der Waals surface area contributed by atoms with Gasteiger partial charge in [-0.15, -0.1) is 0 Å². The van der Waals surface area contributed by atoms with Gasteiger partial charge in [0.25, 0.3) is 0 Å². The molecule has 4 heteroatoms. The minimum atomic E-state index is -0.322. The molecule has 0 radical (unpaired) electrons. The van der Waals surface area contributed by atoms with Crippen molar-refractivity contribution >= 4 is 18.1 Å². The first kappa shape index (κ1) is 3.98. The number of guanidine groups is 1. The minimum Gasteiger partial charge on any atom is -0.287 e. The van der Waals surface area contributed by atoms with Gasteiger partial charge in [-0.25, -0.2) is 9.79 Å². The van der Waals surface area contributed by atoms with E-state index in [0.29, 0.717) is 0 Å². The minimum absolute atomic E-state index is 0.171. The van der Waals surface area contributed by atoms with Gasteiger partial charge in [0.1, 0.15) is 6.21 Å². The Morgan fingerprint density at radius 2 is 2.57 bits per heavy atom. The van der Waals surface area contributed by atoms with Gasteiger partial charge in [-0.2, -0.15) is 0 Å². The molecule has 0 atom stereocenters. The molecule has 0 spiro atoms.